The zero-order valence-corrected chi connectivity index (χ0v) is 11.8. The first-order chi connectivity index (χ1) is 8.66. The Hall–Kier alpha value is -1.16. The predicted octanol–water partition coefficient (Wildman–Crippen LogP) is 2.10. The van der Waals surface area contributed by atoms with E-state index in [0.29, 0.717) is 0 Å². The third-order valence-corrected chi connectivity index (χ3v) is 3.89. The van der Waals surface area contributed by atoms with Crippen molar-refractivity contribution in [1.29, 1.82) is 0 Å². The van der Waals surface area contributed by atoms with E-state index in [0.717, 1.165) is 30.8 Å². The normalized spacial score (nSPS) is 16.4. The zero-order valence-electron chi connectivity index (χ0n) is 11.8. The highest BCUT2D eigenvalue weighted by atomic mass is 15.2. The second-order valence-electron chi connectivity index (χ2n) is 5.30. The van der Waals surface area contributed by atoms with Crippen LogP contribution in [0.1, 0.15) is 31.5 Å². The maximum Gasteiger partial charge on any atom is 0.132 e. The van der Waals surface area contributed by atoms with Crippen LogP contribution in [0, 0.1) is 6.92 Å². The molecule has 1 saturated carbocycles. The van der Waals surface area contributed by atoms with Crippen LogP contribution in [0.15, 0.2) is 12.3 Å². The van der Waals surface area contributed by atoms with Crippen LogP contribution in [0.5, 0.6) is 0 Å². The minimum Gasteiger partial charge on any atom is -0.358 e. The first-order valence-corrected chi connectivity index (χ1v) is 6.88. The average Bonchev–Trinajstić information content (AvgIpc) is 2.89. The van der Waals surface area contributed by atoms with E-state index in [9.17, 15) is 0 Å². The molecule has 0 aliphatic heterocycles. The molecule has 1 aliphatic carbocycles. The van der Waals surface area contributed by atoms with Crippen LogP contribution in [-0.2, 0) is 0 Å². The maximum absolute atomic E-state index is 4.44. The second kappa shape index (κ2) is 6.14. The number of aromatic nitrogens is 2. The van der Waals surface area contributed by atoms with Gasteiger partial charge in [0.1, 0.15) is 11.6 Å². The fraction of sp³-hybridized carbons (Fsp3) is 0.714. The molecule has 4 nitrogen and oxygen atoms in total. The van der Waals surface area contributed by atoms with E-state index in [4.69, 9.17) is 0 Å². The van der Waals surface area contributed by atoms with Gasteiger partial charge in [0.25, 0.3) is 0 Å². The van der Waals surface area contributed by atoms with Crippen LogP contribution in [0.25, 0.3) is 0 Å². The van der Waals surface area contributed by atoms with Gasteiger partial charge in [0.2, 0.25) is 0 Å². The Balaban J connectivity index is 1.82. The Bertz CT molecular complexity index is 374. The lowest BCUT2D eigenvalue weighted by Crippen LogP contribution is -2.36. The smallest absolute Gasteiger partial charge is 0.132 e. The number of hydrogen-bond donors (Lipinski definition) is 0. The lowest BCUT2D eigenvalue weighted by molar-refractivity contribution is 0.251. The molecule has 0 bridgehead atoms. The van der Waals surface area contributed by atoms with E-state index < -0.39 is 0 Å². The van der Waals surface area contributed by atoms with Gasteiger partial charge < -0.3 is 9.80 Å². The molecule has 0 radical (unpaired) electrons. The third-order valence-electron chi connectivity index (χ3n) is 3.89. The third kappa shape index (κ3) is 3.42. The van der Waals surface area contributed by atoms with Gasteiger partial charge in [-0.15, -0.1) is 0 Å². The summed E-state index contributed by atoms with van der Waals surface area (Å²) in [5, 5.41) is 0. The molecule has 1 fully saturated rings. The molecule has 1 aromatic rings. The van der Waals surface area contributed by atoms with Crippen molar-refractivity contribution in [3.63, 3.8) is 0 Å². The van der Waals surface area contributed by atoms with Crippen LogP contribution in [0.3, 0.4) is 0 Å². The van der Waals surface area contributed by atoms with Gasteiger partial charge in [-0.1, -0.05) is 12.8 Å². The van der Waals surface area contributed by atoms with E-state index in [2.05, 4.69) is 33.9 Å². The molecule has 0 N–H and O–H groups in total. The molecule has 2 rings (SSSR count). The van der Waals surface area contributed by atoms with Gasteiger partial charge in [0, 0.05) is 32.4 Å². The monoisotopic (exact) mass is 248 g/mol. The molecule has 18 heavy (non-hydrogen) atoms. The Morgan fingerprint density at radius 2 is 1.94 bits per heavy atom. The molecule has 4 heteroatoms. The van der Waals surface area contributed by atoms with Gasteiger partial charge in [-0.05, 0) is 32.9 Å². The summed E-state index contributed by atoms with van der Waals surface area (Å²) in [5.74, 6) is 1.85. The summed E-state index contributed by atoms with van der Waals surface area (Å²) in [6.07, 6.45) is 7.36. The van der Waals surface area contributed by atoms with E-state index in [1.807, 2.05) is 19.2 Å². The van der Waals surface area contributed by atoms with Crippen molar-refractivity contribution in [2.75, 3.05) is 32.1 Å². The number of rotatable bonds is 5. The number of likely N-dealkylation sites (N-methyl/N-ethyl adjacent to an activating group) is 2. The Kier molecular flexibility index (Phi) is 4.53. The minimum atomic E-state index is 0.797. The SMILES string of the molecule is Cc1nccc(N(C)CCN(C)C2CCCC2)n1. The van der Waals surface area contributed by atoms with E-state index >= 15 is 0 Å². The average molecular weight is 248 g/mol. The van der Waals surface area contributed by atoms with Crippen molar-refractivity contribution in [2.24, 2.45) is 0 Å². The number of hydrogen-bond acceptors (Lipinski definition) is 4. The maximum atomic E-state index is 4.44. The first-order valence-electron chi connectivity index (χ1n) is 6.88. The molecular weight excluding hydrogens is 224 g/mol. The number of aryl methyl sites for hydroxylation is 1. The molecule has 0 spiro atoms. The summed E-state index contributed by atoms with van der Waals surface area (Å²) in [6, 6.07) is 2.77. The van der Waals surface area contributed by atoms with Crippen molar-refractivity contribution in [1.82, 2.24) is 14.9 Å². The fourth-order valence-electron chi connectivity index (χ4n) is 2.61. The molecule has 100 valence electrons. The standard InChI is InChI=1S/C14H24N4/c1-12-15-9-8-14(16-12)18(3)11-10-17(2)13-6-4-5-7-13/h8-9,13H,4-7,10-11H2,1-3H3. The summed E-state index contributed by atoms with van der Waals surface area (Å²) in [7, 11) is 4.35. The molecule has 0 unspecified atom stereocenters. The van der Waals surface area contributed by atoms with Crippen LogP contribution in [0.2, 0.25) is 0 Å². The predicted molar refractivity (Wildman–Crippen MR) is 74.9 cm³/mol. The van der Waals surface area contributed by atoms with Crippen molar-refractivity contribution in [3.8, 4) is 0 Å². The Morgan fingerprint density at radius 3 is 2.61 bits per heavy atom. The van der Waals surface area contributed by atoms with Crippen molar-refractivity contribution in [3.05, 3.63) is 18.1 Å². The highest BCUT2D eigenvalue weighted by molar-refractivity contribution is 5.35. The van der Waals surface area contributed by atoms with Crippen LogP contribution in [0.4, 0.5) is 5.82 Å². The quantitative estimate of drug-likeness (QED) is 0.799. The van der Waals surface area contributed by atoms with Crippen LogP contribution < -0.4 is 4.90 Å². The van der Waals surface area contributed by atoms with Crippen LogP contribution >= 0.6 is 0 Å². The molecule has 0 saturated heterocycles. The van der Waals surface area contributed by atoms with E-state index in [1.54, 1.807) is 0 Å². The highest BCUT2D eigenvalue weighted by Gasteiger charge is 2.19. The van der Waals surface area contributed by atoms with E-state index in [-0.39, 0.29) is 0 Å². The Labute approximate surface area is 110 Å². The lowest BCUT2D eigenvalue weighted by atomic mass is 10.2. The summed E-state index contributed by atoms with van der Waals surface area (Å²) >= 11 is 0. The molecular formula is C14H24N4. The highest BCUT2D eigenvalue weighted by Crippen LogP contribution is 2.22. The molecule has 0 aromatic carbocycles. The van der Waals surface area contributed by atoms with Gasteiger partial charge in [-0.25, -0.2) is 9.97 Å². The summed E-state index contributed by atoms with van der Waals surface area (Å²) in [5.41, 5.74) is 0. The van der Waals surface area contributed by atoms with Crippen molar-refractivity contribution in [2.45, 2.75) is 38.6 Å². The lowest BCUT2D eigenvalue weighted by Gasteiger charge is -2.27. The van der Waals surface area contributed by atoms with Crippen LogP contribution in [-0.4, -0.2) is 48.1 Å². The summed E-state index contributed by atoms with van der Waals surface area (Å²) < 4.78 is 0. The molecule has 0 amide bonds. The molecule has 1 heterocycles. The summed E-state index contributed by atoms with van der Waals surface area (Å²) in [4.78, 5) is 13.3. The second-order valence-corrected chi connectivity index (χ2v) is 5.30. The minimum absolute atomic E-state index is 0.797. The number of anilines is 1. The van der Waals surface area contributed by atoms with E-state index in [1.165, 1.54) is 25.7 Å². The molecule has 1 aliphatic rings. The Morgan fingerprint density at radius 1 is 1.22 bits per heavy atom. The summed E-state index contributed by atoms with van der Waals surface area (Å²) in [6.45, 7) is 4.05. The van der Waals surface area contributed by atoms with Gasteiger partial charge in [0.15, 0.2) is 0 Å². The largest absolute Gasteiger partial charge is 0.358 e. The zero-order chi connectivity index (χ0) is 13.0. The topological polar surface area (TPSA) is 32.3 Å². The van der Waals surface area contributed by atoms with Gasteiger partial charge >= 0.3 is 0 Å². The van der Waals surface area contributed by atoms with Gasteiger partial charge in [-0.2, -0.15) is 0 Å². The van der Waals surface area contributed by atoms with Crippen molar-refractivity contribution >= 4 is 5.82 Å². The first kappa shape index (κ1) is 13.3. The molecule has 1 aromatic heterocycles. The van der Waals surface area contributed by atoms with Gasteiger partial charge in [0.05, 0.1) is 0 Å². The van der Waals surface area contributed by atoms with Crippen molar-refractivity contribution < 1.29 is 0 Å². The molecule has 0 atom stereocenters. The number of nitrogens with zero attached hydrogens (tertiary/aromatic N) is 4. The van der Waals surface area contributed by atoms with Gasteiger partial charge in [-0.3, -0.25) is 0 Å². The fourth-order valence-corrected chi connectivity index (χ4v) is 2.61.